The fraction of sp³-hybridized carbons (Fsp3) is 0.700. The van der Waals surface area contributed by atoms with Crippen LogP contribution in [0.15, 0.2) is 0 Å². The monoisotopic (exact) mass is 261 g/mol. The third-order valence-electron chi connectivity index (χ3n) is 2.32. The highest BCUT2D eigenvalue weighted by atomic mass is 16.5. The Kier molecular flexibility index (Phi) is 7.64. The lowest BCUT2D eigenvalue weighted by Crippen LogP contribution is -2.43. The SMILES string of the molecule is COC(CN)CC(=O)N[C@H](CCC(N)=O)C(=O)O. The van der Waals surface area contributed by atoms with Crippen LogP contribution in [0.3, 0.4) is 0 Å². The van der Waals surface area contributed by atoms with Gasteiger partial charge in [0.15, 0.2) is 0 Å². The highest BCUT2D eigenvalue weighted by molar-refractivity contribution is 5.84. The van der Waals surface area contributed by atoms with Crippen molar-refractivity contribution in [1.82, 2.24) is 5.32 Å². The van der Waals surface area contributed by atoms with Crippen molar-refractivity contribution in [3.63, 3.8) is 0 Å². The lowest BCUT2D eigenvalue weighted by Gasteiger charge is -2.16. The number of nitrogens with one attached hydrogen (secondary N) is 1. The Hall–Kier alpha value is -1.67. The minimum Gasteiger partial charge on any atom is -0.480 e. The van der Waals surface area contributed by atoms with Gasteiger partial charge in [-0.15, -0.1) is 0 Å². The van der Waals surface area contributed by atoms with Crippen molar-refractivity contribution in [2.75, 3.05) is 13.7 Å². The van der Waals surface area contributed by atoms with E-state index in [-0.39, 0.29) is 25.8 Å². The van der Waals surface area contributed by atoms with Gasteiger partial charge in [-0.3, -0.25) is 9.59 Å². The average Bonchev–Trinajstić information content (AvgIpc) is 2.30. The molecule has 0 bridgehead atoms. The summed E-state index contributed by atoms with van der Waals surface area (Å²) >= 11 is 0. The highest BCUT2D eigenvalue weighted by Gasteiger charge is 2.21. The molecule has 0 fully saturated rings. The van der Waals surface area contributed by atoms with Crippen LogP contribution < -0.4 is 16.8 Å². The van der Waals surface area contributed by atoms with Crippen LogP contribution in [0.2, 0.25) is 0 Å². The van der Waals surface area contributed by atoms with Crippen LogP contribution in [0.4, 0.5) is 0 Å². The van der Waals surface area contributed by atoms with Gasteiger partial charge in [-0.2, -0.15) is 0 Å². The number of rotatable bonds is 9. The third-order valence-corrected chi connectivity index (χ3v) is 2.32. The van der Waals surface area contributed by atoms with Crippen LogP contribution in [0.25, 0.3) is 0 Å². The number of hydrogen-bond donors (Lipinski definition) is 4. The van der Waals surface area contributed by atoms with Gasteiger partial charge in [0, 0.05) is 20.1 Å². The molecular weight excluding hydrogens is 242 g/mol. The molecule has 0 spiro atoms. The molecule has 0 aromatic rings. The molecule has 0 aromatic heterocycles. The predicted octanol–water partition coefficient (Wildman–Crippen LogP) is -1.81. The molecule has 2 amide bonds. The van der Waals surface area contributed by atoms with Crippen molar-refractivity contribution in [3.8, 4) is 0 Å². The Morgan fingerprint density at radius 2 is 2.00 bits per heavy atom. The van der Waals surface area contributed by atoms with Crippen molar-refractivity contribution >= 4 is 17.8 Å². The number of aliphatic carboxylic acids is 1. The molecule has 1 unspecified atom stereocenters. The summed E-state index contributed by atoms with van der Waals surface area (Å²) in [6, 6.07) is -1.14. The summed E-state index contributed by atoms with van der Waals surface area (Å²) in [5.74, 6) is -2.33. The van der Waals surface area contributed by atoms with Crippen molar-refractivity contribution in [2.45, 2.75) is 31.4 Å². The number of ether oxygens (including phenoxy) is 1. The lowest BCUT2D eigenvalue weighted by atomic mass is 10.1. The van der Waals surface area contributed by atoms with Crippen LogP contribution >= 0.6 is 0 Å². The van der Waals surface area contributed by atoms with E-state index in [0.717, 1.165) is 0 Å². The van der Waals surface area contributed by atoms with E-state index in [1.165, 1.54) is 7.11 Å². The van der Waals surface area contributed by atoms with Crippen molar-refractivity contribution in [3.05, 3.63) is 0 Å². The Morgan fingerprint density at radius 3 is 2.39 bits per heavy atom. The Morgan fingerprint density at radius 1 is 1.39 bits per heavy atom. The van der Waals surface area contributed by atoms with Gasteiger partial charge in [0.05, 0.1) is 12.5 Å². The first-order valence-electron chi connectivity index (χ1n) is 5.44. The third kappa shape index (κ3) is 6.81. The van der Waals surface area contributed by atoms with E-state index >= 15 is 0 Å². The number of carboxylic acid groups (broad SMARTS) is 1. The lowest BCUT2D eigenvalue weighted by molar-refractivity contribution is -0.142. The smallest absolute Gasteiger partial charge is 0.326 e. The largest absolute Gasteiger partial charge is 0.480 e. The number of carboxylic acids is 1. The van der Waals surface area contributed by atoms with Crippen molar-refractivity contribution < 1.29 is 24.2 Å². The van der Waals surface area contributed by atoms with Gasteiger partial charge in [-0.05, 0) is 6.42 Å². The number of hydrogen-bond acceptors (Lipinski definition) is 5. The maximum absolute atomic E-state index is 11.5. The predicted molar refractivity (Wildman–Crippen MR) is 62.5 cm³/mol. The number of carbonyl (C=O) groups is 3. The van der Waals surface area contributed by atoms with Gasteiger partial charge < -0.3 is 26.6 Å². The number of carbonyl (C=O) groups excluding carboxylic acids is 2. The van der Waals surface area contributed by atoms with Crippen LogP contribution in [-0.2, 0) is 19.1 Å². The molecule has 0 aliphatic rings. The molecule has 0 aliphatic heterocycles. The zero-order valence-corrected chi connectivity index (χ0v) is 10.2. The quantitative estimate of drug-likeness (QED) is 0.385. The van der Waals surface area contributed by atoms with Gasteiger partial charge in [0.25, 0.3) is 0 Å². The van der Waals surface area contributed by atoms with E-state index in [1.54, 1.807) is 0 Å². The summed E-state index contributed by atoms with van der Waals surface area (Å²) in [6.45, 7) is 0.156. The number of primary amides is 1. The molecular formula is C10H19N3O5. The summed E-state index contributed by atoms with van der Waals surface area (Å²) in [5, 5.41) is 11.1. The summed E-state index contributed by atoms with van der Waals surface area (Å²) < 4.78 is 4.90. The molecule has 0 saturated heterocycles. The number of nitrogens with two attached hydrogens (primary N) is 2. The molecule has 0 radical (unpaired) electrons. The summed E-state index contributed by atoms with van der Waals surface area (Å²) in [7, 11) is 1.41. The minimum atomic E-state index is -1.22. The molecule has 0 rings (SSSR count). The van der Waals surface area contributed by atoms with E-state index in [0.29, 0.717) is 0 Å². The fourth-order valence-corrected chi connectivity index (χ4v) is 1.27. The van der Waals surface area contributed by atoms with Gasteiger partial charge in [0.2, 0.25) is 11.8 Å². The van der Waals surface area contributed by atoms with Crippen LogP contribution in [0.1, 0.15) is 19.3 Å². The molecule has 0 aliphatic carbocycles. The molecule has 104 valence electrons. The average molecular weight is 261 g/mol. The first-order valence-corrected chi connectivity index (χ1v) is 5.44. The highest BCUT2D eigenvalue weighted by Crippen LogP contribution is 2.00. The van der Waals surface area contributed by atoms with E-state index in [1.807, 2.05) is 0 Å². The van der Waals surface area contributed by atoms with E-state index in [9.17, 15) is 14.4 Å². The van der Waals surface area contributed by atoms with Gasteiger partial charge in [-0.25, -0.2) is 4.79 Å². The summed E-state index contributed by atoms with van der Waals surface area (Å²) in [6.07, 6.45) is -0.651. The van der Waals surface area contributed by atoms with Crippen LogP contribution in [0, 0.1) is 0 Å². The second kappa shape index (κ2) is 8.43. The van der Waals surface area contributed by atoms with Gasteiger partial charge in [0.1, 0.15) is 6.04 Å². The topological polar surface area (TPSA) is 145 Å². The van der Waals surface area contributed by atoms with E-state index < -0.39 is 29.9 Å². The Balaban J connectivity index is 4.27. The zero-order valence-electron chi connectivity index (χ0n) is 10.2. The molecule has 0 aromatic carbocycles. The normalized spacial score (nSPS) is 13.7. The second-order valence-corrected chi connectivity index (χ2v) is 3.76. The van der Waals surface area contributed by atoms with Gasteiger partial charge in [-0.1, -0.05) is 0 Å². The molecule has 18 heavy (non-hydrogen) atoms. The summed E-state index contributed by atoms with van der Waals surface area (Å²) in [5.41, 5.74) is 10.3. The van der Waals surface area contributed by atoms with Crippen molar-refractivity contribution in [2.24, 2.45) is 11.5 Å². The molecule has 6 N–H and O–H groups in total. The Bertz CT molecular complexity index is 304. The zero-order chi connectivity index (χ0) is 14.1. The second-order valence-electron chi connectivity index (χ2n) is 3.76. The number of amides is 2. The molecule has 0 heterocycles. The first kappa shape index (κ1) is 16.3. The van der Waals surface area contributed by atoms with Crippen LogP contribution in [0.5, 0.6) is 0 Å². The van der Waals surface area contributed by atoms with E-state index in [4.69, 9.17) is 21.3 Å². The molecule has 2 atom stereocenters. The van der Waals surface area contributed by atoms with Gasteiger partial charge >= 0.3 is 5.97 Å². The van der Waals surface area contributed by atoms with Crippen LogP contribution in [-0.4, -0.2) is 48.7 Å². The standard InChI is InChI=1S/C10H19N3O5/c1-18-6(5-11)4-9(15)13-7(10(16)17)2-3-8(12)14/h6-7H,2-5,11H2,1H3,(H2,12,14)(H,13,15)(H,16,17)/t6?,7-/m1/s1. The first-order chi connectivity index (χ1) is 8.40. The van der Waals surface area contributed by atoms with E-state index in [2.05, 4.69) is 5.32 Å². The molecule has 8 nitrogen and oxygen atoms in total. The minimum absolute atomic E-state index is 0.0344. The Labute approximate surface area is 105 Å². The molecule has 8 heteroatoms. The summed E-state index contributed by atoms with van der Waals surface area (Å²) in [4.78, 5) is 32.9. The maximum atomic E-state index is 11.5. The number of methoxy groups -OCH3 is 1. The molecule has 0 saturated carbocycles. The maximum Gasteiger partial charge on any atom is 0.326 e. The fourth-order valence-electron chi connectivity index (χ4n) is 1.27. The van der Waals surface area contributed by atoms with Crippen molar-refractivity contribution in [1.29, 1.82) is 0 Å².